The van der Waals surface area contributed by atoms with Crippen LogP contribution in [0.5, 0.6) is 5.75 Å². The summed E-state index contributed by atoms with van der Waals surface area (Å²) in [6.07, 6.45) is 4.28. The first-order chi connectivity index (χ1) is 13.0. The van der Waals surface area contributed by atoms with Crippen molar-refractivity contribution in [1.29, 1.82) is 0 Å². The second kappa shape index (κ2) is 6.45. The molecule has 3 aromatic rings. The third-order valence-electron chi connectivity index (χ3n) is 4.32. The first kappa shape index (κ1) is 16.6. The summed E-state index contributed by atoms with van der Waals surface area (Å²) in [4.78, 5) is 23.0. The Morgan fingerprint density at radius 3 is 2.85 bits per heavy atom. The van der Waals surface area contributed by atoms with Crippen LogP contribution in [0.25, 0.3) is 28.6 Å². The summed E-state index contributed by atoms with van der Waals surface area (Å²) in [5.41, 5.74) is 4.19. The van der Waals surface area contributed by atoms with Gasteiger partial charge in [0, 0.05) is 28.3 Å². The highest BCUT2D eigenvalue weighted by atomic mass is 16.5. The normalized spacial score (nSPS) is 14.7. The van der Waals surface area contributed by atoms with Gasteiger partial charge in [-0.2, -0.15) is 5.10 Å². The summed E-state index contributed by atoms with van der Waals surface area (Å²) in [5, 5.41) is 19.4. The quantitative estimate of drug-likeness (QED) is 0.619. The predicted octanol–water partition coefficient (Wildman–Crippen LogP) is 3.16. The number of hydrogen-bond acceptors (Lipinski definition) is 4. The minimum absolute atomic E-state index is 0.173. The molecule has 0 spiro atoms. The molecule has 0 bridgehead atoms. The largest absolute Gasteiger partial charge is 0.497 e. The molecule has 4 rings (SSSR count). The number of carbonyl (C=O) groups excluding carboxylic acids is 1. The number of rotatable bonds is 4. The zero-order valence-corrected chi connectivity index (χ0v) is 14.3. The van der Waals surface area contributed by atoms with Gasteiger partial charge in [0.15, 0.2) is 0 Å². The fourth-order valence-electron chi connectivity index (χ4n) is 3.03. The topological polar surface area (TPSA) is 104 Å². The van der Waals surface area contributed by atoms with Crippen LogP contribution in [0, 0.1) is 0 Å². The van der Waals surface area contributed by atoms with Crippen molar-refractivity contribution in [1.82, 2.24) is 10.2 Å². The zero-order chi connectivity index (χ0) is 19.0. The molecule has 27 heavy (non-hydrogen) atoms. The molecule has 7 nitrogen and oxygen atoms in total. The van der Waals surface area contributed by atoms with E-state index < -0.39 is 5.97 Å². The van der Waals surface area contributed by atoms with Gasteiger partial charge in [0.25, 0.3) is 5.91 Å². The first-order valence-electron chi connectivity index (χ1n) is 8.16. The molecule has 0 aliphatic carbocycles. The maximum Gasteiger partial charge on any atom is 0.328 e. The van der Waals surface area contributed by atoms with Gasteiger partial charge < -0.3 is 15.2 Å². The van der Waals surface area contributed by atoms with Gasteiger partial charge in [-0.1, -0.05) is 6.07 Å². The van der Waals surface area contributed by atoms with E-state index in [9.17, 15) is 9.59 Å². The summed E-state index contributed by atoms with van der Waals surface area (Å²) in [6.45, 7) is 0. The van der Waals surface area contributed by atoms with Crippen molar-refractivity contribution in [3.8, 4) is 5.75 Å². The fourth-order valence-corrected chi connectivity index (χ4v) is 3.03. The van der Waals surface area contributed by atoms with Gasteiger partial charge in [0.05, 0.1) is 18.3 Å². The van der Waals surface area contributed by atoms with E-state index in [1.165, 1.54) is 6.08 Å². The minimum atomic E-state index is -1.03. The monoisotopic (exact) mass is 361 g/mol. The number of ether oxygens (including phenoxy) is 1. The number of carboxylic acids is 1. The Bertz CT molecular complexity index is 1140. The number of H-pyrrole nitrogens is 1. The number of nitrogens with one attached hydrogen (secondary N) is 2. The standard InChI is InChI=1S/C20H15N3O4/c1-27-12-3-5-16-14(10-12)15(20(26)21-16)8-11-2-4-13-17(6-7-19(24)25)22-23-18(13)9-11/h2-10H,1H3,(H,21,26)(H,22,23)(H,24,25). The third kappa shape index (κ3) is 3.06. The van der Waals surface area contributed by atoms with Crippen molar-refractivity contribution in [2.45, 2.75) is 0 Å². The molecule has 1 aliphatic heterocycles. The molecule has 7 heteroatoms. The number of fused-ring (bicyclic) bond motifs is 2. The Morgan fingerprint density at radius 2 is 2.07 bits per heavy atom. The van der Waals surface area contributed by atoms with Gasteiger partial charge in [0.2, 0.25) is 0 Å². The molecule has 2 aromatic carbocycles. The van der Waals surface area contributed by atoms with Crippen LogP contribution in [0.3, 0.4) is 0 Å². The van der Waals surface area contributed by atoms with Crippen molar-refractivity contribution in [2.24, 2.45) is 0 Å². The summed E-state index contributed by atoms with van der Waals surface area (Å²) in [6, 6.07) is 11.0. The second-order valence-electron chi connectivity index (χ2n) is 6.01. The molecule has 0 fully saturated rings. The molecule has 0 radical (unpaired) electrons. The van der Waals surface area contributed by atoms with Gasteiger partial charge in [0.1, 0.15) is 5.75 Å². The van der Waals surface area contributed by atoms with Crippen LogP contribution in [-0.4, -0.2) is 34.3 Å². The molecular formula is C20H15N3O4. The Hall–Kier alpha value is -3.87. The Morgan fingerprint density at radius 1 is 1.22 bits per heavy atom. The van der Waals surface area contributed by atoms with Crippen LogP contribution in [0.2, 0.25) is 0 Å². The van der Waals surface area contributed by atoms with Crippen LogP contribution in [0.1, 0.15) is 16.8 Å². The van der Waals surface area contributed by atoms with Crippen molar-refractivity contribution in [3.63, 3.8) is 0 Å². The molecule has 0 saturated carbocycles. The highest BCUT2D eigenvalue weighted by Gasteiger charge is 2.24. The molecule has 1 aromatic heterocycles. The fraction of sp³-hybridized carbons (Fsp3) is 0.0500. The van der Waals surface area contributed by atoms with E-state index in [1.807, 2.05) is 30.3 Å². The van der Waals surface area contributed by atoms with Crippen LogP contribution in [0.15, 0.2) is 42.5 Å². The van der Waals surface area contributed by atoms with Gasteiger partial charge in [-0.3, -0.25) is 9.89 Å². The molecule has 0 saturated heterocycles. The number of carbonyl (C=O) groups is 2. The Balaban J connectivity index is 1.74. The number of aromatic nitrogens is 2. The predicted molar refractivity (Wildman–Crippen MR) is 102 cm³/mol. The lowest BCUT2D eigenvalue weighted by atomic mass is 10.0. The zero-order valence-electron chi connectivity index (χ0n) is 14.3. The van der Waals surface area contributed by atoms with E-state index in [-0.39, 0.29) is 5.91 Å². The van der Waals surface area contributed by atoms with Crippen LogP contribution in [0.4, 0.5) is 5.69 Å². The number of carboxylic acid groups (broad SMARTS) is 1. The van der Waals surface area contributed by atoms with E-state index in [0.717, 1.165) is 33.8 Å². The lowest BCUT2D eigenvalue weighted by Crippen LogP contribution is -2.03. The molecule has 3 N–H and O–H groups in total. The number of benzene rings is 2. The number of aliphatic carboxylic acids is 1. The summed E-state index contributed by atoms with van der Waals surface area (Å²) in [5.74, 6) is -0.531. The number of amides is 1. The highest BCUT2D eigenvalue weighted by molar-refractivity contribution is 6.35. The molecule has 2 heterocycles. The average Bonchev–Trinajstić information content (AvgIpc) is 3.20. The Labute approximate surface area is 154 Å². The number of methoxy groups -OCH3 is 1. The smallest absolute Gasteiger partial charge is 0.328 e. The number of aromatic amines is 1. The first-order valence-corrected chi connectivity index (χ1v) is 8.16. The molecule has 0 atom stereocenters. The van der Waals surface area contributed by atoms with Gasteiger partial charge in [-0.15, -0.1) is 0 Å². The van der Waals surface area contributed by atoms with Gasteiger partial charge in [-0.05, 0) is 48.0 Å². The van der Waals surface area contributed by atoms with E-state index in [0.29, 0.717) is 17.0 Å². The van der Waals surface area contributed by atoms with E-state index in [1.54, 1.807) is 19.3 Å². The van der Waals surface area contributed by atoms with Gasteiger partial charge in [-0.25, -0.2) is 4.79 Å². The average molecular weight is 361 g/mol. The second-order valence-corrected chi connectivity index (χ2v) is 6.01. The lowest BCUT2D eigenvalue weighted by Gasteiger charge is -2.03. The molecular weight excluding hydrogens is 346 g/mol. The van der Waals surface area contributed by atoms with Crippen LogP contribution < -0.4 is 10.1 Å². The molecule has 1 aliphatic rings. The Kier molecular flexibility index (Phi) is 3.97. The SMILES string of the molecule is COc1ccc2c(c1)C(=Cc1ccc3c(C=CC(=O)O)n[nH]c3c1)C(=O)N2. The summed E-state index contributed by atoms with van der Waals surface area (Å²) in [7, 11) is 1.58. The minimum Gasteiger partial charge on any atom is -0.497 e. The third-order valence-corrected chi connectivity index (χ3v) is 4.32. The molecule has 1 amide bonds. The van der Waals surface area contributed by atoms with Crippen molar-refractivity contribution in [2.75, 3.05) is 12.4 Å². The van der Waals surface area contributed by atoms with Crippen LogP contribution in [-0.2, 0) is 9.59 Å². The summed E-state index contributed by atoms with van der Waals surface area (Å²) < 4.78 is 5.25. The van der Waals surface area contributed by atoms with E-state index >= 15 is 0 Å². The van der Waals surface area contributed by atoms with Crippen molar-refractivity contribution >= 4 is 46.2 Å². The van der Waals surface area contributed by atoms with Crippen LogP contribution >= 0.6 is 0 Å². The number of hydrogen-bond donors (Lipinski definition) is 3. The molecule has 0 unspecified atom stereocenters. The van der Waals surface area contributed by atoms with Crippen molar-refractivity contribution in [3.05, 3.63) is 59.3 Å². The summed E-state index contributed by atoms with van der Waals surface area (Å²) >= 11 is 0. The highest BCUT2D eigenvalue weighted by Crippen LogP contribution is 2.36. The lowest BCUT2D eigenvalue weighted by molar-refractivity contribution is -0.131. The number of anilines is 1. The van der Waals surface area contributed by atoms with E-state index in [2.05, 4.69) is 15.5 Å². The van der Waals surface area contributed by atoms with Gasteiger partial charge >= 0.3 is 5.97 Å². The maximum absolute atomic E-state index is 12.3. The number of nitrogens with zero attached hydrogens (tertiary/aromatic N) is 1. The van der Waals surface area contributed by atoms with E-state index in [4.69, 9.17) is 9.84 Å². The van der Waals surface area contributed by atoms with Crippen molar-refractivity contribution < 1.29 is 19.4 Å². The molecule has 134 valence electrons. The maximum atomic E-state index is 12.3.